The summed E-state index contributed by atoms with van der Waals surface area (Å²) in [6.07, 6.45) is -0.171. The van der Waals surface area contributed by atoms with Gasteiger partial charge in [-0.2, -0.15) is 0 Å². The summed E-state index contributed by atoms with van der Waals surface area (Å²) in [5.74, 6) is 0. The molecule has 2 N–H and O–H groups in total. The fourth-order valence-corrected chi connectivity index (χ4v) is 2.68. The van der Waals surface area contributed by atoms with Gasteiger partial charge in [-0.05, 0) is 41.2 Å². The molecule has 0 fully saturated rings. The van der Waals surface area contributed by atoms with Crippen molar-refractivity contribution in [2.24, 2.45) is 0 Å². The van der Waals surface area contributed by atoms with Crippen molar-refractivity contribution in [1.29, 1.82) is 0 Å². The first-order valence-electron chi connectivity index (χ1n) is 8.55. The van der Waals surface area contributed by atoms with Gasteiger partial charge in [0.25, 0.3) is 0 Å². The summed E-state index contributed by atoms with van der Waals surface area (Å²) < 4.78 is 5.53. The second-order valence-corrected chi connectivity index (χ2v) is 7.24. The number of hydrogen-bond acceptors (Lipinski definition) is 2. The van der Waals surface area contributed by atoms with E-state index < -0.39 is 0 Å². The first-order valence-corrected chi connectivity index (χ1v) is 8.55. The average molecular weight is 340 g/mol. The van der Waals surface area contributed by atoms with Gasteiger partial charge in [-0.25, -0.2) is 4.79 Å². The number of carbonyl (C=O) groups is 1. The molecule has 2 aromatic carbocycles. The summed E-state index contributed by atoms with van der Waals surface area (Å²) >= 11 is 0. The molecular formula is C21H28N2O2. The number of benzene rings is 2. The molecule has 0 saturated carbocycles. The first kappa shape index (κ1) is 19.0. The number of urea groups is 1. The lowest BCUT2D eigenvalue weighted by molar-refractivity contribution is 0.104. The number of aryl methyl sites for hydroxylation is 1. The van der Waals surface area contributed by atoms with Crippen molar-refractivity contribution in [2.75, 3.05) is 19.0 Å². The number of ether oxygens (including phenoxy) is 1. The van der Waals surface area contributed by atoms with Gasteiger partial charge >= 0.3 is 6.03 Å². The van der Waals surface area contributed by atoms with Crippen LogP contribution in [0.4, 0.5) is 10.5 Å². The highest BCUT2D eigenvalue weighted by Gasteiger charge is 2.15. The Labute approximate surface area is 150 Å². The molecule has 0 aliphatic rings. The second-order valence-electron chi connectivity index (χ2n) is 7.24. The van der Waals surface area contributed by atoms with Crippen LogP contribution in [0, 0.1) is 6.92 Å². The molecule has 4 heteroatoms. The Morgan fingerprint density at radius 2 is 1.72 bits per heavy atom. The molecule has 0 bridgehead atoms. The maximum Gasteiger partial charge on any atom is 0.319 e. The van der Waals surface area contributed by atoms with Crippen LogP contribution in [-0.4, -0.2) is 19.7 Å². The van der Waals surface area contributed by atoms with Crippen LogP contribution in [0.1, 0.15) is 43.6 Å². The van der Waals surface area contributed by atoms with Gasteiger partial charge in [-0.3, -0.25) is 0 Å². The zero-order valence-electron chi connectivity index (χ0n) is 15.7. The van der Waals surface area contributed by atoms with Gasteiger partial charge in [-0.15, -0.1) is 0 Å². The zero-order chi connectivity index (χ0) is 18.4. The molecule has 0 spiro atoms. The van der Waals surface area contributed by atoms with E-state index >= 15 is 0 Å². The molecule has 25 heavy (non-hydrogen) atoms. The van der Waals surface area contributed by atoms with Crippen LogP contribution in [0.15, 0.2) is 48.5 Å². The van der Waals surface area contributed by atoms with Crippen molar-refractivity contribution < 1.29 is 9.53 Å². The van der Waals surface area contributed by atoms with E-state index in [4.69, 9.17) is 4.74 Å². The van der Waals surface area contributed by atoms with Gasteiger partial charge in [0.15, 0.2) is 0 Å². The summed E-state index contributed by atoms with van der Waals surface area (Å²) in [6, 6.07) is 15.7. The molecule has 2 amide bonds. The van der Waals surface area contributed by atoms with Crippen LogP contribution in [0.3, 0.4) is 0 Å². The molecule has 4 nitrogen and oxygen atoms in total. The van der Waals surface area contributed by atoms with Crippen molar-refractivity contribution in [3.8, 4) is 0 Å². The predicted octanol–water partition coefficient (Wildman–Crippen LogP) is 4.80. The highest BCUT2D eigenvalue weighted by Crippen LogP contribution is 2.23. The summed E-state index contributed by atoms with van der Waals surface area (Å²) in [6.45, 7) is 8.95. The quantitative estimate of drug-likeness (QED) is 0.821. The minimum atomic E-state index is -0.237. The van der Waals surface area contributed by atoms with Gasteiger partial charge in [0, 0.05) is 19.3 Å². The smallest absolute Gasteiger partial charge is 0.319 e. The van der Waals surface area contributed by atoms with Crippen molar-refractivity contribution >= 4 is 11.7 Å². The molecule has 0 aromatic heterocycles. The van der Waals surface area contributed by atoms with Crippen LogP contribution in [-0.2, 0) is 10.2 Å². The molecule has 0 saturated heterocycles. The lowest BCUT2D eigenvalue weighted by Gasteiger charge is -2.20. The topological polar surface area (TPSA) is 50.4 Å². The van der Waals surface area contributed by atoms with Crippen LogP contribution >= 0.6 is 0 Å². The lowest BCUT2D eigenvalue weighted by atomic mass is 9.87. The Morgan fingerprint density at radius 1 is 1.08 bits per heavy atom. The Kier molecular flexibility index (Phi) is 6.21. The van der Waals surface area contributed by atoms with E-state index in [1.165, 1.54) is 5.56 Å². The van der Waals surface area contributed by atoms with Gasteiger partial charge in [-0.1, -0.05) is 57.2 Å². The van der Waals surface area contributed by atoms with E-state index in [2.05, 4.69) is 31.4 Å². The van der Waals surface area contributed by atoms with E-state index in [0.717, 1.165) is 16.8 Å². The van der Waals surface area contributed by atoms with Crippen LogP contribution in [0.5, 0.6) is 0 Å². The molecule has 2 aromatic rings. The largest absolute Gasteiger partial charge is 0.375 e. The molecule has 0 aliphatic heterocycles. The van der Waals surface area contributed by atoms with Crippen molar-refractivity contribution in [1.82, 2.24) is 5.32 Å². The van der Waals surface area contributed by atoms with Crippen LogP contribution < -0.4 is 10.6 Å². The standard InChI is InChI=1S/C21H28N2O2/c1-15-8-6-7-9-18(15)19(25-5)14-22-20(24)23-17-12-10-16(11-13-17)21(2,3)4/h6-13,19H,14H2,1-5H3,(H2,22,23,24). The molecule has 1 atom stereocenters. The minimum absolute atomic E-state index is 0.0972. The van der Waals surface area contributed by atoms with E-state index in [9.17, 15) is 4.79 Å². The molecule has 0 aliphatic carbocycles. The number of amides is 2. The van der Waals surface area contributed by atoms with E-state index in [0.29, 0.717) is 6.54 Å². The number of hydrogen-bond donors (Lipinski definition) is 2. The number of carbonyl (C=O) groups excluding carboxylic acids is 1. The molecule has 0 heterocycles. The van der Waals surface area contributed by atoms with Gasteiger partial charge in [0.05, 0.1) is 6.10 Å². The van der Waals surface area contributed by atoms with Gasteiger partial charge < -0.3 is 15.4 Å². The van der Waals surface area contributed by atoms with Crippen molar-refractivity contribution in [3.05, 3.63) is 65.2 Å². The minimum Gasteiger partial charge on any atom is -0.375 e. The summed E-state index contributed by atoms with van der Waals surface area (Å²) in [7, 11) is 1.65. The number of rotatable bonds is 5. The maximum absolute atomic E-state index is 12.2. The maximum atomic E-state index is 12.2. The Bertz CT molecular complexity index is 703. The number of nitrogens with one attached hydrogen (secondary N) is 2. The predicted molar refractivity (Wildman–Crippen MR) is 103 cm³/mol. The molecule has 1 unspecified atom stereocenters. The fraction of sp³-hybridized carbons (Fsp3) is 0.381. The molecule has 0 radical (unpaired) electrons. The molecular weight excluding hydrogens is 312 g/mol. The Hall–Kier alpha value is -2.33. The first-order chi connectivity index (χ1) is 11.8. The summed E-state index contributed by atoms with van der Waals surface area (Å²) in [5, 5.41) is 5.74. The molecule has 2 rings (SSSR count). The Balaban J connectivity index is 1.92. The summed E-state index contributed by atoms with van der Waals surface area (Å²) in [5.41, 5.74) is 4.34. The number of methoxy groups -OCH3 is 1. The molecule has 134 valence electrons. The third kappa shape index (κ3) is 5.33. The van der Waals surface area contributed by atoms with Crippen molar-refractivity contribution in [2.45, 2.75) is 39.2 Å². The lowest BCUT2D eigenvalue weighted by Crippen LogP contribution is -2.33. The third-order valence-electron chi connectivity index (χ3n) is 4.28. The summed E-state index contributed by atoms with van der Waals surface area (Å²) in [4.78, 5) is 12.2. The van der Waals surface area contributed by atoms with Gasteiger partial charge in [0.1, 0.15) is 0 Å². The SMILES string of the molecule is COC(CNC(=O)Nc1ccc(C(C)(C)C)cc1)c1ccccc1C. The van der Waals surface area contributed by atoms with E-state index in [1.54, 1.807) is 7.11 Å². The third-order valence-corrected chi connectivity index (χ3v) is 4.28. The van der Waals surface area contributed by atoms with Crippen LogP contribution in [0.25, 0.3) is 0 Å². The highest BCUT2D eigenvalue weighted by molar-refractivity contribution is 5.89. The van der Waals surface area contributed by atoms with Crippen LogP contribution in [0.2, 0.25) is 0 Å². The fourth-order valence-electron chi connectivity index (χ4n) is 2.68. The Morgan fingerprint density at radius 3 is 2.28 bits per heavy atom. The van der Waals surface area contributed by atoms with Gasteiger partial charge in [0.2, 0.25) is 0 Å². The monoisotopic (exact) mass is 340 g/mol. The average Bonchev–Trinajstić information content (AvgIpc) is 2.56. The normalized spacial score (nSPS) is 12.5. The second kappa shape index (κ2) is 8.17. The van der Waals surface area contributed by atoms with E-state index in [1.807, 2.05) is 55.5 Å². The van der Waals surface area contributed by atoms with Crippen molar-refractivity contribution in [3.63, 3.8) is 0 Å². The highest BCUT2D eigenvalue weighted by atomic mass is 16.5. The zero-order valence-corrected chi connectivity index (χ0v) is 15.7. The number of anilines is 1. The van der Waals surface area contributed by atoms with E-state index in [-0.39, 0.29) is 17.6 Å².